The van der Waals surface area contributed by atoms with E-state index in [0.29, 0.717) is 30.2 Å². The summed E-state index contributed by atoms with van der Waals surface area (Å²) in [7, 11) is 1.61. The molecule has 2 rings (SSSR count). The van der Waals surface area contributed by atoms with Crippen LogP contribution in [0.1, 0.15) is 5.56 Å². The molecule has 2 aromatic carbocycles. The number of rotatable bonds is 6. The minimum absolute atomic E-state index is 0.486. The number of ether oxygens (including phenoxy) is 2. The first-order valence-electron chi connectivity index (χ1n) is 6.34. The van der Waals surface area contributed by atoms with E-state index in [-0.39, 0.29) is 0 Å². The molecule has 0 radical (unpaired) electrons. The van der Waals surface area contributed by atoms with Crippen molar-refractivity contribution < 1.29 is 9.47 Å². The van der Waals surface area contributed by atoms with Gasteiger partial charge in [-0.1, -0.05) is 24.3 Å². The summed E-state index contributed by atoms with van der Waals surface area (Å²) in [6.07, 6.45) is 0. The number of hydrogen-bond donors (Lipinski definition) is 1. The number of nitriles is 1. The summed E-state index contributed by atoms with van der Waals surface area (Å²) in [4.78, 5) is 0. The van der Waals surface area contributed by atoms with Crippen LogP contribution in [0.2, 0.25) is 0 Å². The van der Waals surface area contributed by atoms with Crippen LogP contribution >= 0.6 is 0 Å². The molecule has 0 spiro atoms. The summed E-state index contributed by atoms with van der Waals surface area (Å²) in [5, 5.41) is 12.2. The molecule has 0 aliphatic heterocycles. The van der Waals surface area contributed by atoms with Crippen LogP contribution in [0.5, 0.6) is 11.5 Å². The molecule has 0 aliphatic carbocycles. The lowest BCUT2D eigenvalue weighted by Gasteiger charge is -2.11. The van der Waals surface area contributed by atoms with Crippen molar-refractivity contribution in [3.63, 3.8) is 0 Å². The van der Waals surface area contributed by atoms with Gasteiger partial charge < -0.3 is 14.8 Å². The largest absolute Gasteiger partial charge is 0.493 e. The maximum atomic E-state index is 8.98. The van der Waals surface area contributed by atoms with Gasteiger partial charge in [0, 0.05) is 6.54 Å². The van der Waals surface area contributed by atoms with Crippen LogP contribution in [0.3, 0.4) is 0 Å². The summed E-state index contributed by atoms with van der Waals surface area (Å²) in [5.74, 6) is 1.43. The minimum Gasteiger partial charge on any atom is -0.493 e. The third-order valence-corrected chi connectivity index (χ3v) is 2.79. The van der Waals surface area contributed by atoms with Gasteiger partial charge in [0.15, 0.2) is 11.5 Å². The lowest BCUT2D eigenvalue weighted by Crippen LogP contribution is -2.12. The highest BCUT2D eigenvalue weighted by atomic mass is 16.5. The van der Waals surface area contributed by atoms with E-state index in [2.05, 4.69) is 11.4 Å². The standard InChI is InChI=1S/C16H16N2O2/c1-19-15-8-4-5-9-16(15)20-11-10-18-14-7-3-2-6-13(14)12-17/h2-9,18H,10-11H2,1H3. The van der Waals surface area contributed by atoms with Crippen LogP contribution in [-0.4, -0.2) is 20.3 Å². The highest BCUT2D eigenvalue weighted by Gasteiger charge is 2.03. The first kappa shape index (κ1) is 13.8. The van der Waals surface area contributed by atoms with E-state index in [1.165, 1.54) is 0 Å². The van der Waals surface area contributed by atoms with Crippen LogP contribution < -0.4 is 14.8 Å². The zero-order chi connectivity index (χ0) is 14.2. The van der Waals surface area contributed by atoms with E-state index >= 15 is 0 Å². The van der Waals surface area contributed by atoms with Crippen molar-refractivity contribution in [3.05, 3.63) is 54.1 Å². The fourth-order valence-electron chi connectivity index (χ4n) is 1.82. The smallest absolute Gasteiger partial charge is 0.161 e. The Kier molecular flexibility index (Phi) is 4.85. The molecule has 0 amide bonds. The van der Waals surface area contributed by atoms with Crippen LogP contribution in [0.25, 0.3) is 0 Å². The minimum atomic E-state index is 0.486. The van der Waals surface area contributed by atoms with Gasteiger partial charge in [-0.15, -0.1) is 0 Å². The monoisotopic (exact) mass is 268 g/mol. The Balaban J connectivity index is 1.86. The molecule has 0 atom stereocenters. The Morgan fingerprint density at radius 3 is 2.50 bits per heavy atom. The van der Waals surface area contributed by atoms with Crippen LogP contribution in [0, 0.1) is 11.3 Å². The zero-order valence-corrected chi connectivity index (χ0v) is 11.3. The van der Waals surface area contributed by atoms with Crippen molar-refractivity contribution in [2.45, 2.75) is 0 Å². The quantitative estimate of drug-likeness (QED) is 0.818. The Morgan fingerprint density at radius 2 is 1.75 bits per heavy atom. The Hall–Kier alpha value is -2.67. The normalized spacial score (nSPS) is 9.60. The van der Waals surface area contributed by atoms with Gasteiger partial charge in [-0.05, 0) is 24.3 Å². The number of hydrogen-bond acceptors (Lipinski definition) is 4. The van der Waals surface area contributed by atoms with Crippen molar-refractivity contribution in [3.8, 4) is 17.6 Å². The maximum absolute atomic E-state index is 8.98. The van der Waals surface area contributed by atoms with E-state index in [9.17, 15) is 0 Å². The van der Waals surface area contributed by atoms with E-state index in [1.807, 2.05) is 42.5 Å². The summed E-state index contributed by atoms with van der Waals surface area (Å²) in [6.45, 7) is 1.09. The van der Waals surface area contributed by atoms with Gasteiger partial charge in [-0.25, -0.2) is 0 Å². The molecule has 0 heterocycles. The number of para-hydroxylation sites is 3. The Morgan fingerprint density at radius 1 is 1.05 bits per heavy atom. The molecule has 0 unspecified atom stereocenters. The molecular formula is C16H16N2O2. The van der Waals surface area contributed by atoms with E-state index in [1.54, 1.807) is 13.2 Å². The third kappa shape index (κ3) is 3.42. The summed E-state index contributed by atoms with van der Waals surface area (Å²) in [6, 6.07) is 17.1. The zero-order valence-electron chi connectivity index (χ0n) is 11.3. The van der Waals surface area contributed by atoms with Gasteiger partial charge in [0.05, 0.1) is 18.4 Å². The molecule has 20 heavy (non-hydrogen) atoms. The molecule has 4 nitrogen and oxygen atoms in total. The molecule has 0 bridgehead atoms. The summed E-state index contributed by atoms with van der Waals surface area (Å²) < 4.78 is 10.9. The predicted molar refractivity (Wildman–Crippen MR) is 78.1 cm³/mol. The van der Waals surface area contributed by atoms with Gasteiger partial charge in [0.1, 0.15) is 12.7 Å². The number of nitrogens with zero attached hydrogens (tertiary/aromatic N) is 1. The summed E-state index contributed by atoms with van der Waals surface area (Å²) in [5.41, 5.74) is 1.45. The van der Waals surface area contributed by atoms with E-state index in [0.717, 1.165) is 5.69 Å². The van der Waals surface area contributed by atoms with Gasteiger partial charge in [-0.3, -0.25) is 0 Å². The van der Waals surface area contributed by atoms with E-state index in [4.69, 9.17) is 14.7 Å². The van der Waals surface area contributed by atoms with Crippen LogP contribution in [0.4, 0.5) is 5.69 Å². The van der Waals surface area contributed by atoms with Gasteiger partial charge >= 0.3 is 0 Å². The average Bonchev–Trinajstić information content (AvgIpc) is 2.52. The van der Waals surface area contributed by atoms with E-state index < -0.39 is 0 Å². The lowest BCUT2D eigenvalue weighted by molar-refractivity contribution is 0.306. The second kappa shape index (κ2) is 7.05. The molecule has 0 fully saturated rings. The Labute approximate surface area is 118 Å². The third-order valence-electron chi connectivity index (χ3n) is 2.79. The first-order chi connectivity index (χ1) is 9.85. The summed E-state index contributed by atoms with van der Waals surface area (Å²) >= 11 is 0. The van der Waals surface area contributed by atoms with Gasteiger partial charge in [0.2, 0.25) is 0 Å². The molecule has 0 aliphatic rings. The van der Waals surface area contributed by atoms with Crippen molar-refractivity contribution in [2.24, 2.45) is 0 Å². The molecule has 1 N–H and O–H groups in total. The van der Waals surface area contributed by atoms with Crippen molar-refractivity contribution in [2.75, 3.05) is 25.6 Å². The Bertz CT molecular complexity index is 605. The van der Waals surface area contributed by atoms with Gasteiger partial charge in [-0.2, -0.15) is 5.26 Å². The molecule has 102 valence electrons. The van der Waals surface area contributed by atoms with Gasteiger partial charge in [0.25, 0.3) is 0 Å². The molecule has 2 aromatic rings. The second-order valence-electron chi connectivity index (χ2n) is 4.08. The SMILES string of the molecule is COc1ccccc1OCCNc1ccccc1C#N. The molecular weight excluding hydrogens is 252 g/mol. The number of methoxy groups -OCH3 is 1. The fourth-order valence-corrected chi connectivity index (χ4v) is 1.82. The highest BCUT2D eigenvalue weighted by molar-refractivity contribution is 5.57. The van der Waals surface area contributed by atoms with Crippen molar-refractivity contribution in [1.29, 1.82) is 5.26 Å². The molecule has 0 aromatic heterocycles. The molecule has 0 saturated carbocycles. The number of anilines is 1. The fraction of sp³-hybridized carbons (Fsp3) is 0.188. The highest BCUT2D eigenvalue weighted by Crippen LogP contribution is 2.25. The van der Waals surface area contributed by atoms with Crippen molar-refractivity contribution in [1.82, 2.24) is 0 Å². The second-order valence-corrected chi connectivity index (χ2v) is 4.08. The molecule has 4 heteroatoms. The van der Waals surface area contributed by atoms with Crippen LogP contribution in [-0.2, 0) is 0 Å². The number of nitrogens with one attached hydrogen (secondary N) is 1. The van der Waals surface area contributed by atoms with Crippen molar-refractivity contribution >= 4 is 5.69 Å². The van der Waals surface area contributed by atoms with Crippen LogP contribution in [0.15, 0.2) is 48.5 Å². The number of benzene rings is 2. The predicted octanol–water partition coefficient (Wildman–Crippen LogP) is 3.06. The first-order valence-corrected chi connectivity index (χ1v) is 6.34. The topological polar surface area (TPSA) is 54.3 Å². The lowest BCUT2D eigenvalue weighted by atomic mass is 10.2. The maximum Gasteiger partial charge on any atom is 0.161 e. The average molecular weight is 268 g/mol. The molecule has 0 saturated heterocycles.